The van der Waals surface area contributed by atoms with E-state index in [1.165, 1.54) is 0 Å². The highest BCUT2D eigenvalue weighted by atomic mass is 16.4. The molecule has 20 heavy (non-hydrogen) atoms. The van der Waals surface area contributed by atoms with Crippen molar-refractivity contribution >= 4 is 22.8 Å². The molecule has 1 aromatic carbocycles. The summed E-state index contributed by atoms with van der Waals surface area (Å²) in [6.07, 6.45) is 2.10. The van der Waals surface area contributed by atoms with Gasteiger partial charge in [0.25, 0.3) is 5.91 Å². The number of aliphatic carboxylic acids is 1. The highest BCUT2D eigenvalue weighted by Gasteiger charge is 2.20. The summed E-state index contributed by atoms with van der Waals surface area (Å²) in [5.74, 6) is -1.38. The molecular weight excluding hydrogens is 256 g/mol. The third-order valence-electron chi connectivity index (χ3n) is 3.22. The Balaban J connectivity index is 2.11. The van der Waals surface area contributed by atoms with E-state index in [2.05, 4.69) is 10.3 Å². The molecule has 0 unspecified atom stereocenters. The van der Waals surface area contributed by atoms with Gasteiger partial charge in [-0.3, -0.25) is 4.79 Å². The maximum absolute atomic E-state index is 12.1. The second-order valence-electron chi connectivity index (χ2n) is 4.78. The standard InChI is InChI=1S/C15H18N2O3/c1-2-3-7-12(15(19)20)17-14(18)13-9-10-6-4-5-8-11(10)16-13/h4-6,8-9,12,16H,2-3,7H2,1H3,(H,17,18)(H,19,20)/t12-/m1/s1. The molecule has 0 aliphatic heterocycles. The quantitative estimate of drug-likeness (QED) is 0.757. The average molecular weight is 274 g/mol. The van der Waals surface area contributed by atoms with Gasteiger partial charge in [-0.1, -0.05) is 38.0 Å². The van der Waals surface area contributed by atoms with Crippen molar-refractivity contribution in [1.29, 1.82) is 0 Å². The Morgan fingerprint density at radius 3 is 2.75 bits per heavy atom. The molecule has 0 fully saturated rings. The van der Waals surface area contributed by atoms with Crippen molar-refractivity contribution in [1.82, 2.24) is 10.3 Å². The summed E-state index contributed by atoms with van der Waals surface area (Å²) in [5.41, 5.74) is 1.24. The van der Waals surface area contributed by atoms with Crippen LogP contribution in [0.4, 0.5) is 0 Å². The largest absolute Gasteiger partial charge is 0.480 e. The van der Waals surface area contributed by atoms with E-state index in [0.717, 1.165) is 23.7 Å². The van der Waals surface area contributed by atoms with Crippen molar-refractivity contribution in [3.63, 3.8) is 0 Å². The van der Waals surface area contributed by atoms with E-state index in [1.807, 2.05) is 31.2 Å². The fourth-order valence-electron chi connectivity index (χ4n) is 2.10. The number of carboxylic acids is 1. The zero-order chi connectivity index (χ0) is 14.5. The molecule has 1 aromatic heterocycles. The molecule has 2 aromatic rings. The Morgan fingerprint density at radius 1 is 1.35 bits per heavy atom. The van der Waals surface area contributed by atoms with Crippen LogP contribution in [0.1, 0.15) is 36.7 Å². The van der Waals surface area contributed by atoms with Crippen LogP contribution in [-0.2, 0) is 4.79 Å². The van der Waals surface area contributed by atoms with Crippen LogP contribution in [0.5, 0.6) is 0 Å². The van der Waals surface area contributed by atoms with Gasteiger partial charge in [0.2, 0.25) is 0 Å². The second-order valence-corrected chi connectivity index (χ2v) is 4.78. The van der Waals surface area contributed by atoms with Gasteiger partial charge in [0.15, 0.2) is 0 Å². The number of para-hydroxylation sites is 1. The van der Waals surface area contributed by atoms with Crippen molar-refractivity contribution in [2.24, 2.45) is 0 Å². The van der Waals surface area contributed by atoms with Crippen molar-refractivity contribution in [3.05, 3.63) is 36.0 Å². The molecule has 3 N–H and O–H groups in total. The lowest BCUT2D eigenvalue weighted by Crippen LogP contribution is -2.40. The minimum Gasteiger partial charge on any atom is -0.480 e. The first-order chi connectivity index (χ1) is 9.61. The van der Waals surface area contributed by atoms with Crippen LogP contribution < -0.4 is 5.32 Å². The van der Waals surface area contributed by atoms with E-state index < -0.39 is 12.0 Å². The Hall–Kier alpha value is -2.30. The van der Waals surface area contributed by atoms with Gasteiger partial charge in [0, 0.05) is 10.9 Å². The molecule has 0 bridgehead atoms. The average Bonchev–Trinajstić information content (AvgIpc) is 2.86. The van der Waals surface area contributed by atoms with E-state index >= 15 is 0 Å². The van der Waals surface area contributed by atoms with Crippen LogP contribution in [0.25, 0.3) is 10.9 Å². The van der Waals surface area contributed by atoms with Gasteiger partial charge in [0.05, 0.1) is 0 Å². The number of aromatic amines is 1. The number of unbranched alkanes of at least 4 members (excludes halogenated alkanes) is 1. The number of fused-ring (bicyclic) bond motifs is 1. The predicted octanol–water partition coefficient (Wildman–Crippen LogP) is 2.54. The molecule has 106 valence electrons. The fraction of sp³-hybridized carbons (Fsp3) is 0.333. The maximum atomic E-state index is 12.1. The minimum atomic E-state index is -0.997. The van der Waals surface area contributed by atoms with Crippen LogP contribution in [-0.4, -0.2) is 28.0 Å². The molecule has 0 spiro atoms. The molecule has 2 rings (SSSR count). The minimum absolute atomic E-state index is 0.383. The number of carbonyl (C=O) groups is 2. The number of nitrogens with one attached hydrogen (secondary N) is 2. The summed E-state index contributed by atoms with van der Waals surface area (Å²) < 4.78 is 0. The number of H-pyrrole nitrogens is 1. The third kappa shape index (κ3) is 3.17. The van der Waals surface area contributed by atoms with Crippen LogP contribution in [0.2, 0.25) is 0 Å². The molecule has 1 atom stereocenters. The molecular formula is C15H18N2O3. The Bertz CT molecular complexity index is 585. The lowest BCUT2D eigenvalue weighted by Gasteiger charge is -2.13. The molecule has 0 aliphatic rings. The van der Waals surface area contributed by atoms with E-state index in [1.54, 1.807) is 6.07 Å². The molecule has 5 nitrogen and oxygen atoms in total. The number of carbonyl (C=O) groups excluding carboxylic acids is 1. The number of carboxylic acid groups (broad SMARTS) is 1. The Labute approximate surface area is 117 Å². The van der Waals surface area contributed by atoms with Gasteiger partial charge >= 0.3 is 5.97 Å². The van der Waals surface area contributed by atoms with Gasteiger partial charge in [0.1, 0.15) is 11.7 Å². The normalized spacial score (nSPS) is 12.2. The number of amides is 1. The maximum Gasteiger partial charge on any atom is 0.326 e. The first-order valence-corrected chi connectivity index (χ1v) is 6.73. The third-order valence-corrected chi connectivity index (χ3v) is 3.22. The van der Waals surface area contributed by atoms with Crippen molar-refractivity contribution < 1.29 is 14.7 Å². The molecule has 1 amide bonds. The molecule has 0 saturated carbocycles. The molecule has 0 radical (unpaired) electrons. The first-order valence-electron chi connectivity index (χ1n) is 6.73. The Morgan fingerprint density at radius 2 is 2.10 bits per heavy atom. The summed E-state index contributed by atoms with van der Waals surface area (Å²) in [7, 11) is 0. The molecule has 5 heteroatoms. The van der Waals surface area contributed by atoms with Crippen LogP contribution >= 0.6 is 0 Å². The lowest BCUT2D eigenvalue weighted by atomic mass is 10.1. The van der Waals surface area contributed by atoms with Gasteiger partial charge in [-0.25, -0.2) is 4.79 Å². The Kier molecular flexibility index (Phi) is 4.40. The molecule has 0 aliphatic carbocycles. The van der Waals surface area contributed by atoms with Gasteiger partial charge < -0.3 is 15.4 Å². The zero-order valence-corrected chi connectivity index (χ0v) is 11.3. The second kappa shape index (κ2) is 6.23. The summed E-state index contributed by atoms with van der Waals surface area (Å²) in [4.78, 5) is 26.2. The van der Waals surface area contributed by atoms with Crippen LogP contribution in [0, 0.1) is 0 Å². The van der Waals surface area contributed by atoms with Crippen LogP contribution in [0.3, 0.4) is 0 Å². The number of aromatic nitrogens is 1. The molecule has 1 heterocycles. The number of rotatable bonds is 6. The fourth-order valence-corrected chi connectivity index (χ4v) is 2.10. The van der Waals surface area contributed by atoms with Crippen LogP contribution in [0.15, 0.2) is 30.3 Å². The van der Waals surface area contributed by atoms with E-state index in [-0.39, 0.29) is 5.91 Å². The number of hydrogen-bond donors (Lipinski definition) is 3. The zero-order valence-electron chi connectivity index (χ0n) is 11.3. The molecule has 0 saturated heterocycles. The monoisotopic (exact) mass is 274 g/mol. The highest BCUT2D eigenvalue weighted by molar-refractivity contribution is 5.99. The van der Waals surface area contributed by atoms with Gasteiger partial charge in [-0.2, -0.15) is 0 Å². The smallest absolute Gasteiger partial charge is 0.326 e. The predicted molar refractivity (Wildman–Crippen MR) is 76.7 cm³/mol. The topological polar surface area (TPSA) is 82.2 Å². The van der Waals surface area contributed by atoms with Crippen molar-refractivity contribution in [2.45, 2.75) is 32.2 Å². The van der Waals surface area contributed by atoms with Crippen molar-refractivity contribution in [2.75, 3.05) is 0 Å². The van der Waals surface area contributed by atoms with Gasteiger partial charge in [-0.15, -0.1) is 0 Å². The number of hydrogen-bond acceptors (Lipinski definition) is 2. The highest BCUT2D eigenvalue weighted by Crippen LogP contribution is 2.14. The van der Waals surface area contributed by atoms with E-state index in [4.69, 9.17) is 5.11 Å². The SMILES string of the molecule is CCCC[C@@H](NC(=O)c1cc2ccccc2[nH]1)C(=O)O. The first kappa shape index (κ1) is 14.1. The van der Waals surface area contributed by atoms with Gasteiger partial charge in [-0.05, 0) is 18.6 Å². The number of benzene rings is 1. The summed E-state index contributed by atoms with van der Waals surface area (Å²) in [6, 6.07) is 8.42. The summed E-state index contributed by atoms with van der Waals surface area (Å²) >= 11 is 0. The summed E-state index contributed by atoms with van der Waals surface area (Å²) in [5, 5.41) is 12.6. The van der Waals surface area contributed by atoms with E-state index in [0.29, 0.717) is 12.1 Å². The summed E-state index contributed by atoms with van der Waals surface area (Å²) in [6.45, 7) is 1.98. The van der Waals surface area contributed by atoms with Crippen molar-refractivity contribution in [3.8, 4) is 0 Å². The lowest BCUT2D eigenvalue weighted by molar-refractivity contribution is -0.139. The van der Waals surface area contributed by atoms with E-state index in [9.17, 15) is 9.59 Å².